The molecule has 0 heteroatoms. The summed E-state index contributed by atoms with van der Waals surface area (Å²) in [4.78, 5) is 0. The summed E-state index contributed by atoms with van der Waals surface area (Å²) in [5, 5.41) is 0. The highest BCUT2D eigenvalue weighted by molar-refractivity contribution is 5.34. The van der Waals surface area contributed by atoms with Gasteiger partial charge in [-0.25, -0.2) is 0 Å². The van der Waals surface area contributed by atoms with Gasteiger partial charge in [-0.2, -0.15) is 0 Å². The van der Waals surface area contributed by atoms with E-state index in [1.807, 2.05) is 0 Å². The maximum Gasteiger partial charge on any atom is -0.0216 e. The van der Waals surface area contributed by atoms with Gasteiger partial charge >= 0.3 is 0 Å². The number of hydrogen-bond acceptors (Lipinski definition) is 0. The number of benzene rings is 1. The Balaban J connectivity index is 3.09. The van der Waals surface area contributed by atoms with Gasteiger partial charge in [0.25, 0.3) is 0 Å². The molecule has 0 unspecified atom stereocenters. The lowest BCUT2D eigenvalue weighted by molar-refractivity contribution is 0.856. The third-order valence-corrected chi connectivity index (χ3v) is 1.96. The molecule has 0 fully saturated rings. The maximum atomic E-state index is 3.88. The second-order valence-electron chi connectivity index (χ2n) is 3.35. The lowest BCUT2D eigenvalue weighted by Gasteiger charge is -2.09. The predicted molar refractivity (Wildman–Crippen MR) is 49.7 cm³/mol. The molecule has 0 aliphatic rings. The van der Waals surface area contributed by atoms with E-state index < -0.39 is 0 Å². The first-order valence-corrected chi connectivity index (χ1v) is 4.03. The normalized spacial score (nSPS) is 10.6. The van der Waals surface area contributed by atoms with Gasteiger partial charge in [0, 0.05) is 0 Å². The fourth-order valence-electron chi connectivity index (χ4n) is 1.39. The summed E-state index contributed by atoms with van der Waals surface area (Å²) in [7, 11) is 0. The van der Waals surface area contributed by atoms with E-state index in [1.165, 1.54) is 11.1 Å². The van der Waals surface area contributed by atoms with Crippen molar-refractivity contribution in [1.82, 2.24) is 0 Å². The van der Waals surface area contributed by atoms with Crippen molar-refractivity contribution in [2.75, 3.05) is 0 Å². The molecule has 1 rings (SSSR count). The summed E-state index contributed by atoms with van der Waals surface area (Å²) in [6.07, 6.45) is 0. The van der Waals surface area contributed by atoms with Gasteiger partial charge in [0.05, 0.1) is 0 Å². The Bertz CT molecular complexity index is 246. The monoisotopic (exact) mass is 147 g/mol. The van der Waals surface area contributed by atoms with Crippen molar-refractivity contribution in [3.63, 3.8) is 0 Å². The van der Waals surface area contributed by atoms with E-state index in [0.717, 1.165) is 5.56 Å². The van der Waals surface area contributed by atoms with Gasteiger partial charge in [-0.3, -0.25) is 0 Å². The zero-order valence-electron chi connectivity index (χ0n) is 7.52. The van der Waals surface area contributed by atoms with Crippen LogP contribution in [0.2, 0.25) is 0 Å². The van der Waals surface area contributed by atoms with Gasteiger partial charge in [0.2, 0.25) is 0 Å². The minimum Gasteiger partial charge on any atom is -0.0587 e. The first-order chi connectivity index (χ1) is 5.11. The van der Waals surface area contributed by atoms with Crippen LogP contribution in [-0.2, 0) is 0 Å². The van der Waals surface area contributed by atoms with E-state index in [4.69, 9.17) is 0 Å². The Morgan fingerprint density at radius 2 is 1.91 bits per heavy atom. The Kier molecular flexibility index (Phi) is 2.33. The third-order valence-electron chi connectivity index (χ3n) is 1.96. The van der Waals surface area contributed by atoms with E-state index in [-0.39, 0.29) is 0 Å². The van der Waals surface area contributed by atoms with Crippen molar-refractivity contribution in [1.29, 1.82) is 0 Å². The average molecular weight is 147 g/mol. The highest BCUT2D eigenvalue weighted by Crippen LogP contribution is 2.19. The van der Waals surface area contributed by atoms with Gasteiger partial charge in [0.15, 0.2) is 0 Å². The summed E-state index contributed by atoms with van der Waals surface area (Å²) in [6.45, 7) is 10.5. The minimum absolute atomic E-state index is 0.621. The maximum absolute atomic E-state index is 3.88. The molecule has 0 saturated carbocycles. The lowest BCUT2D eigenvalue weighted by Crippen LogP contribution is -1.91. The van der Waals surface area contributed by atoms with Gasteiger partial charge < -0.3 is 0 Å². The average Bonchev–Trinajstić information content (AvgIpc) is 1.85. The fraction of sp³-hybridized carbons (Fsp3) is 0.364. The lowest BCUT2D eigenvalue weighted by atomic mass is 9.97. The van der Waals surface area contributed by atoms with Crippen LogP contribution in [0.25, 0.3) is 0 Å². The SMILES string of the molecule is [CH2]c1ccc(C(C)C)c(C)c1. The molecular formula is C11H15. The molecule has 0 saturated heterocycles. The molecule has 1 aromatic carbocycles. The van der Waals surface area contributed by atoms with Crippen LogP contribution in [0.5, 0.6) is 0 Å². The summed E-state index contributed by atoms with van der Waals surface area (Å²) >= 11 is 0. The fourth-order valence-corrected chi connectivity index (χ4v) is 1.39. The van der Waals surface area contributed by atoms with E-state index >= 15 is 0 Å². The van der Waals surface area contributed by atoms with Crippen LogP contribution in [0.3, 0.4) is 0 Å². The Morgan fingerprint density at radius 1 is 1.27 bits per heavy atom. The van der Waals surface area contributed by atoms with E-state index in [0.29, 0.717) is 5.92 Å². The van der Waals surface area contributed by atoms with Crippen molar-refractivity contribution in [3.05, 3.63) is 41.8 Å². The van der Waals surface area contributed by atoms with Crippen molar-refractivity contribution in [3.8, 4) is 0 Å². The standard InChI is InChI=1S/C11H15/c1-8(2)11-6-5-9(3)7-10(11)4/h5-8H,3H2,1-2,4H3. The highest BCUT2D eigenvalue weighted by Gasteiger charge is 2.01. The summed E-state index contributed by atoms with van der Waals surface area (Å²) < 4.78 is 0. The molecule has 0 aliphatic carbocycles. The largest absolute Gasteiger partial charge is 0.0587 e. The van der Waals surface area contributed by atoms with Crippen LogP contribution in [-0.4, -0.2) is 0 Å². The number of aryl methyl sites for hydroxylation is 1. The molecule has 1 radical (unpaired) electrons. The predicted octanol–water partition coefficient (Wildman–Crippen LogP) is 3.30. The second-order valence-corrected chi connectivity index (χ2v) is 3.35. The molecule has 0 N–H and O–H groups in total. The van der Waals surface area contributed by atoms with Gasteiger partial charge in [0.1, 0.15) is 0 Å². The number of hydrogen-bond donors (Lipinski definition) is 0. The molecule has 0 heterocycles. The molecule has 59 valence electrons. The molecule has 1 aromatic rings. The van der Waals surface area contributed by atoms with Gasteiger partial charge in [-0.1, -0.05) is 32.0 Å². The Morgan fingerprint density at radius 3 is 2.36 bits per heavy atom. The zero-order chi connectivity index (χ0) is 8.43. The quantitative estimate of drug-likeness (QED) is 0.571. The van der Waals surface area contributed by atoms with Crippen LogP contribution < -0.4 is 0 Å². The minimum atomic E-state index is 0.621. The first kappa shape index (κ1) is 8.32. The molecule has 0 nitrogen and oxygen atoms in total. The molecule has 0 aliphatic heterocycles. The van der Waals surface area contributed by atoms with Crippen LogP contribution in [0.1, 0.15) is 36.5 Å². The summed E-state index contributed by atoms with van der Waals surface area (Å²) in [5.74, 6) is 0.621. The second kappa shape index (κ2) is 3.08. The zero-order valence-corrected chi connectivity index (χ0v) is 7.52. The van der Waals surface area contributed by atoms with E-state index in [1.54, 1.807) is 0 Å². The molecular weight excluding hydrogens is 132 g/mol. The van der Waals surface area contributed by atoms with Crippen LogP contribution >= 0.6 is 0 Å². The third kappa shape index (κ3) is 1.83. The first-order valence-electron chi connectivity index (χ1n) is 4.03. The molecule has 0 amide bonds. The van der Waals surface area contributed by atoms with Gasteiger partial charge in [-0.05, 0) is 36.5 Å². The van der Waals surface area contributed by atoms with Gasteiger partial charge in [-0.15, -0.1) is 0 Å². The van der Waals surface area contributed by atoms with E-state index in [2.05, 4.69) is 45.9 Å². The molecule has 0 aromatic heterocycles. The molecule has 0 atom stereocenters. The number of rotatable bonds is 1. The topological polar surface area (TPSA) is 0 Å². The van der Waals surface area contributed by atoms with Crippen LogP contribution in [0.4, 0.5) is 0 Å². The van der Waals surface area contributed by atoms with Crippen molar-refractivity contribution in [2.45, 2.75) is 26.7 Å². The van der Waals surface area contributed by atoms with Crippen LogP contribution in [0, 0.1) is 13.8 Å². The van der Waals surface area contributed by atoms with Crippen molar-refractivity contribution < 1.29 is 0 Å². The van der Waals surface area contributed by atoms with Crippen LogP contribution in [0.15, 0.2) is 18.2 Å². The summed E-state index contributed by atoms with van der Waals surface area (Å²) in [5.41, 5.74) is 3.89. The molecule has 0 bridgehead atoms. The van der Waals surface area contributed by atoms with Crippen molar-refractivity contribution >= 4 is 0 Å². The Labute approximate surface area is 69.3 Å². The smallest absolute Gasteiger partial charge is 0.0216 e. The van der Waals surface area contributed by atoms with Crippen molar-refractivity contribution in [2.24, 2.45) is 0 Å². The molecule has 11 heavy (non-hydrogen) atoms. The van der Waals surface area contributed by atoms with E-state index in [9.17, 15) is 0 Å². The summed E-state index contributed by atoms with van der Waals surface area (Å²) in [6, 6.07) is 6.38. The highest BCUT2D eigenvalue weighted by atomic mass is 14.1. The molecule has 0 spiro atoms. The Hall–Kier alpha value is -0.780.